The molecule has 6 nitrogen and oxygen atoms in total. The number of hydrogen-bond acceptors (Lipinski definition) is 4. The monoisotopic (exact) mass is 342 g/mol. The SMILES string of the molecule is CC(C)(C)OC(=O)N(NC(=O)OCc1ccccc1)c1ccccc1. The van der Waals surface area contributed by atoms with Crippen LogP contribution in [-0.2, 0) is 16.1 Å². The van der Waals surface area contributed by atoms with Gasteiger partial charge < -0.3 is 9.47 Å². The van der Waals surface area contributed by atoms with Crippen molar-refractivity contribution in [3.8, 4) is 0 Å². The minimum absolute atomic E-state index is 0.101. The summed E-state index contributed by atoms with van der Waals surface area (Å²) in [5.74, 6) is 0. The topological polar surface area (TPSA) is 67.9 Å². The lowest BCUT2D eigenvalue weighted by Gasteiger charge is -2.27. The van der Waals surface area contributed by atoms with E-state index in [0.29, 0.717) is 5.69 Å². The molecule has 25 heavy (non-hydrogen) atoms. The maximum absolute atomic E-state index is 12.4. The zero-order valence-electron chi connectivity index (χ0n) is 14.6. The minimum Gasteiger partial charge on any atom is -0.443 e. The molecule has 2 rings (SSSR count). The number of anilines is 1. The Morgan fingerprint density at radius 2 is 1.52 bits per heavy atom. The fraction of sp³-hybridized carbons (Fsp3) is 0.263. The molecule has 1 N–H and O–H groups in total. The van der Waals surface area contributed by atoms with Gasteiger partial charge in [-0.3, -0.25) is 0 Å². The average Bonchev–Trinajstić information content (AvgIpc) is 2.58. The van der Waals surface area contributed by atoms with Gasteiger partial charge in [0, 0.05) is 0 Å². The van der Waals surface area contributed by atoms with Crippen LogP contribution in [0.2, 0.25) is 0 Å². The molecule has 2 aromatic rings. The van der Waals surface area contributed by atoms with Crippen molar-refractivity contribution in [1.29, 1.82) is 0 Å². The van der Waals surface area contributed by atoms with Gasteiger partial charge >= 0.3 is 12.2 Å². The van der Waals surface area contributed by atoms with Gasteiger partial charge in [0.15, 0.2) is 0 Å². The van der Waals surface area contributed by atoms with Crippen molar-refractivity contribution in [3.63, 3.8) is 0 Å². The standard InChI is InChI=1S/C19H22N2O4/c1-19(2,3)25-18(23)21(16-12-8-5-9-13-16)20-17(22)24-14-15-10-6-4-7-11-15/h4-13H,14H2,1-3H3,(H,20,22). The van der Waals surface area contributed by atoms with Crippen LogP contribution in [0, 0.1) is 0 Å². The van der Waals surface area contributed by atoms with E-state index in [0.717, 1.165) is 10.6 Å². The first kappa shape index (κ1) is 18.3. The molecule has 2 aromatic carbocycles. The molecule has 132 valence electrons. The Hall–Kier alpha value is -3.02. The Kier molecular flexibility index (Phi) is 6.00. The van der Waals surface area contributed by atoms with Crippen molar-refractivity contribution >= 4 is 17.9 Å². The summed E-state index contributed by atoms with van der Waals surface area (Å²) in [6.07, 6.45) is -1.45. The fourth-order valence-electron chi connectivity index (χ4n) is 1.95. The highest BCUT2D eigenvalue weighted by atomic mass is 16.6. The van der Waals surface area contributed by atoms with Gasteiger partial charge in [-0.1, -0.05) is 48.5 Å². The molecule has 0 aromatic heterocycles. The first-order valence-electron chi connectivity index (χ1n) is 7.91. The smallest absolute Gasteiger partial charge is 0.434 e. The van der Waals surface area contributed by atoms with Gasteiger partial charge in [-0.25, -0.2) is 15.0 Å². The second-order valence-electron chi connectivity index (χ2n) is 6.32. The van der Waals surface area contributed by atoms with Gasteiger partial charge in [0.2, 0.25) is 0 Å². The first-order valence-corrected chi connectivity index (χ1v) is 7.91. The van der Waals surface area contributed by atoms with E-state index in [1.54, 1.807) is 45.0 Å². The zero-order valence-corrected chi connectivity index (χ0v) is 14.6. The highest BCUT2D eigenvalue weighted by Crippen LogP contribution is 2.16. The molecular weight excluding hydrogens is 320 g/mol. The van der Waals surface area contributed by atoms with Crippen molar-refractivity contribution in [1.82, 2.24) is 5.43 Å². The zero-order chi connectivity index (χ0) is 18.3. The van der Waals surface area contributed by atoms with Crippen LogP contribution in [0.5, 0.6) is 0 Å². The van der Waals surface area contributed by atoms with E-state index in [2.05, 4.69) is 5.43 Å². The normalized spacial score (nSPS) is 10.7. The molecule has 0 atom stereocenters. The predicted octanol–water partition coefficient (Wildman–Crippen LogP) is 4.27. The quantitative estimate of drug-likeness (QED) is 0.846. The summed E-state index contributed by atoms with van der Waals surface area (Å²) in [7, 11) is 0. The third-order valence-electron chi connectivity index (χ3n) is 3.01. The number of amides is 2. The third kappa shape index (κ3) is 6.18. The van der Waals surface area contributed by atoms with Crippen LogP contribution < -0.4 is 10.4 Å². The fourth-order valence-corrected chi connectivity index (χ4v) is 1.95. The van der Waals surface area contributed by atoms with Crippen LogP contribution in [0.1, 0.15) is 26.3 Å². The number of ether oxygens (including phenoxy) is 2. The lowest BCUT2D eigenvalue weighted by atomic mass is 10.2. The summed E-state index contributed by atoms with van der Waals surface area (Å²) < 4.78 is 10.5. The van der Waals surface area contributed by atoms with Gasteiger partial charge in [-0.05, 0) is 38.5 Å². The van der Waals surface area contributed by atoms with Crippen molar-refractivity contribution in [3.05, 3.63) is 66.2 Å². The number of para-hydroxylation sites is 1. The van der Waals surface area contributed by atoms with E-state index in [-0.39, 0.29) is 6.61 Å². The van der Waals surface area contributed by atoms with Crippen LogP contribution >= 0.6 is 0 Å². The summed E-state index contributed by atoms with van der Waals surface area (Å²) in [5, 5.41) is 1.03. The molecule has 0 saturated carbocycles. The number of hydrazine groups is 1. The average molecular weight is 342 g/mol. The van der Waals surface area contributed by atoms with Crippen molar-refractivity contribution in [2.24, 2.45) is 0 Å². The van der Waals surface area contributed by atoms with Crippen molar-refractivity contribution in [2.45, 2.75) is 33.0 Å². The molecular formula is C19H22N2O4. The van der Waals surface area contributed by atoms with Gasteiger partial charge in [-0.2, -0.15) is 5.01 Å². The Morgan fingerprint density at radius 3 is 2.08 bits per heavy atom. The lowest BCUT2D eigenvalue weighted by molar-refractivity contribution is 0.0550. The Morgan fingerprint density at radius 1 is 0.960 bits per heavy atom. The van der Waals surface area contributed by atoms with E-state index in [9.17, 15) is 9.59 Å². The summed E-state index contributed by atoms with van der Waals surface area (Å²) >= 11 is 0. The van der Waals surface area contributed by atoms with Crippen molar-refractivity contribution in [2.75, 3.05) is 5.01 Å². The van der Waals surface area contributed by atoms with Crippen LogP contribution in [0.3, 0.4) is 0 Å². The third-order valence-corrected chi connectivity index (χ3v) is 3.01. The molecule has 0 aliphatic rings. The van der Waals surface area contributed by atoms with Gasteiger partial charge in [0.05, 0.1) is 5.69 Å². The van der Waals surface area contributed by atoms with E-state index in [4.69, 9.17) is 9.47 Å². The second kappa shape index (κ2) is 8.19. The number of carbonyl (C=O) groups excluding carboxylic acids is 2. The molecule has 0 saturated heterocycles. The molecule has 2 amide bonds. The predicted molar refractivity (Wildman–Crippen MR) is 94.9 cm³/mol. The minimum atomic E-state index is -0.751. The second-order valence-corrected chi connectivity index (χ2v) is 6.32. The van der Waals surface area contributed by atoms with E-state index < -0.39 is 17.8 Å². The summed E-state index contributed by atoms with van der Waals surface area (Å²) in [5.41, 5.74) is 3.04. The molecule has 0 unspecified atom stereocenters. The molecule has 0 bridgehead atoms. The first-order chi connectivity index (χ1) is 11.8. The lowest BCUT2D eigenvalue weighted by Crippen LogP contribution is -2.48. The summed E-state index contributed by atoms with van der Waals surface area (Å²) in [6.45, 7) is 5.36. The van der Waals surface area contributed by atoms with Crippen LogP contribution in [0.4, 0.5) is 15.3 Å². The summed E-state index contributed by atoms with van der Waals surface area (Å²) in [4.78, 5) is 24.5. The highest BCUT2D eigenvalue weighted by molar-refractivity contribution is 5.90. The number of hydrogen-bond donors (Lipinski definition) is 1. The highest BCUT2D eigenvalue weighted by Gasteiger charge is 2.25. The number of rotatable bonds is 3. The Bertz CT molecular complexity index is 696. The van der Waals surface area contributed by atoms with Crippen molar-refractivity contribution < 1.29 is 19.1 Å². The van der Waals surface area contributed by atoms with E-state index in [1.807, 2.05) is 36.4 Å². The maximum atomic E-state index is 12.4. The Balaban J connectivity index is 2.05. The summed E-state index contributed by atoms with van der Waals surface area (Å²) in [6, 6.07) is 18.0. The van der Waals surface area contributed by atoms with Gasteiger partial charge in [-0.15, -0.1) is 0 Å². The number of nitrogens with zero attached hydrogens (tertiary/aromatic N) is 1. The number of carbonyl (C=O) groups is 2. The maximum Gasteiger partial charge on any atom is 0.434 e. The molecule has 0 aliphatic heterocycles. The molecule has 6 heteroatoms. The Labute approximate surface area is 147 Å². The molecule has 0 radical (unpaired) electrons. The number of nitrogens with one attached hydrogen (secondary N) is 1. The van der Waals surface area contributed by atoms with E-state index in [1.165, 1.54) is 0 Å². The molecule has 0 aliphatic carbocycles. The van der Waals surface area contributed by atoms with Gasteiger partial charge in [0.1, 0.15) is 12.2 Å². The molecule has 0 heterocycles. The van der Waals surface area contributed by atoms with E-state index >= 15 is 0 Å². The van der Waals surface area contributed by atoms with Crippen LogP contribution in [-0.4, -0.2) is 17.8 Å². The van der Waals surface area contributed by atoms with Crippen LogP contribution in [0.25, 0.3) is 0 Å². The molecule has 0 fully saturated rings. The van der Waals surface area contributed by atoms with Crippen LogP contribution in [0.15, 0.2) is 60.7 Å². The largest absolute Gasteiger partial charge is 0.443 e. The van der Waals surface area contributed by atoms with Gasteiger partial charge in [0.25, 0.3) is 0 Å². The molecule has 0 spiro atoms. The number of benzene rings is 2.